The van der Waals surface area contributed by atoms with Crippen LogP contribution in [0.1, 0.15) is 16.8 Å². The average Bonchev–Trinajstić information content (AvgIpc) is 3.25. The van der Waals surface area contributed by atoms with Crippen molar-refractivity contribution in [2.24, 2.45) is 5.92 Å². The monoisotopic (exact) mass is 296 g/mol. The Bertz CT molecular complexity index is 680. The number of fused-ring (bicyclic) bond motifs is 1. The van der Waals surface area contributed by atoms with E-state index in [0.717, 1.165) is 36.5 Å². The molecule has 0 radical (unpaired) electrons. The first-order valence-electron chi connectivity index (χ1n) is 7.86. The first kappa shape index (κ1) is 13.6. The number of amides is 1. The lowest BCUT2D eigenvalue weighted by atomic mass is 10.1. The van der Waals surface area contributed by atoms with Gasteiger partial charge >= 0.3 is 0 Å². The summed E-state index contributed by atoms with van der Waals surface area (Å²) >= 11 is 0. The van der Waals surface area contributed by atoms with Gasteiger partial charge < -0.3 is 14.2 Å². The summed E-state index contributed by atoms with van der Waals surface area (Å²) in [6, 6.07) is 12.0. The molecule has 22 heavy (non-hydrogen) atoms. The van der Waals surface area contributed by atoms with Crippen LogP contribution in [0.15, 0.2) is 47.1 Å². The average molecular weight is 296 g/mol. The quantitative estimate of drug-likeness (QED) is 0.855. The molecule has 2 aromatic rings. The van der Waals surface area contributed by atoms with Crippen LogP contribution in [0.25, 0.3) is 11.3 Å². The summed E-state index contributed by atoms with van der Waals surface area (Å²) in [5.74, 6) is 1.58. The Morgan fingerprint density at radius 3 is 2.91 bits per heavy atom. The Labute approximate surface area is 130 Å². The molecule has 0 aliphatic carbocycles. The van der Waals surface area contributed by atoms with Crippen LogP contribution in [0, 0.1) is 5.92 Å². The molecule has 4 nitrogen and oxygen atoms in total. The molecule has 2 saturated heterocycles. The molecule has 0 spiro atoms. The zero-order valence-corrected chi connectivity index (χ0v) is 12.7. The third-order valence-corrected chi connectivity index (χ3v) is 5.03. The minimum absolute atomic E-state index is 0.135. The number of likely N-dealkylation sites (N-methyl/N-ethyl adjacent to an activating group) is 1. The smallest absolute Gasteiger partial charge is 0.253 e. The lowest BCUT2D eigenvalue weighted by Crippen LogP contribution is -2.35. The highest BCUT2D eigenvalue weighted by atomic mass is 16.3. The summed E-state index contributed by atoms with van der Waals surface area (Å²) in [5, 5.41) is 0. The van der Waals surface area contributed by atoms with E-state index in [2.05, 4.69) is 11.9 Å². The van der Waals surface area contributed by atoms with Gasteiger partial charge in [-0.15, -0.1) is 0 Å². The topological polar surface area (TPSA) is 36.7 Å². The predicted octanol–water partition coefficient (Wildman–Crippen LogP) is 2.72. The van der Waals surface area contributed by atoms with E-state index in [1.54, 1.807) is 6.26 Å². The van der Waals surface area contributed by atoms with Crippen molar-refractivity contribution in [2.75, 3.05) is 26.7 Å². The fraction of sp³-hybridized carbons (Fsp3) is 0.389. The SMILES string of the molecule is CN1CC[C@H]2CN(C(=O)c3cccc(-c4ccco4)c3)C[C@H]21. The standard InChI is InChI=1S/C18H20N2O2/c1-19-8-7-15-11-20(12-16(15)19)18(21)14-5-2-4-13(10-14)17-6-3-9-22-17/h2-6,9-10,15-16H,7-8,11-12H2,1H3/t15-,16+/m0/s1. The predicted molar refractivity (Wildman–Crippen MR) is 84.6 cm³/mol. The zero-order chi connectivity index (χ0) is 15.1. The Morgan fingerprint density at radius 1 is 1.23 bits per heavy atom. The van der Waals surface area contributed by atoms with Crippen molar-refractivity contribution in [3.05, 3.63) is 48.2 Å². The molecule has 2 aliphatic rings. The van der Waals surface area contributed by atoms with Gasteiger partial charge in [0.25, 0.3) is 5.91 Å². The van der Waals surface area contributed by atoms with E-state index < -0.39 is 0 Å². The molecule has 1 aromatic carbocycles. The summed E-state index contributed by atoms with van der Waals surface area (Å²) in [6.45, 7) is 2.90. The van der Waals surface area contributed by atoms with Crippen molar-refractivity contribution >= 4 is 5.91 Å². The van der Waals surface area contributed by atoms with Crippen LogP contribution in [-0.2, 0) is 0 Å². The maximum atomic E-state index is 12.8. The highest BCUT2D eigenvalue weighted by Crippen LogP contribution is 2.31. The molecule has 114 valence electrons. The summed E-state index contributed by atoms with van der Waals surface area (Å²) < 4.78 is 5.42. The number of hydrogen-bond donors (Lipinski definition) is 0. The van der Waals surface area contributed by atoms with Gasteiger partial charge in [-0.2, -0.15) is 0 Å². The van der Waals surface area contributed by atoms with Crippen molar-refractivity contribution in [2.45, 2.75) is 12.5 Å². The van der Waals surface area contributed by atoms with E-state index in [1.165, 1.54) is 6.42 Å². The number of carbonyl (C=O) groups is 1. The van der Waals surface area contributed by atoms with Crippen molar-refractivity contribution in [3.63, 3.8) is 0 Å². The molecular formula is C18H20N2O2. The fourth-order valence-electron chi connectivity index (χ4n) is 3.77. The number of furan rings is 1. The number of likely N-dealkylation sites (tertiary alicyclic amines) is 2. The van der Waals surface area contributed by atoms with Gasteiger partial charge in [-0.3, -0.25) is 4.79 Å². The molecule has 1 aromatic heterocycles. The van der Waals surface area contributed by atoms with E-state index >= 15 is 0 Å². The molecule has 0 N–H and O–H groups in total. The van der Waals surface area contributed by atoms with Gasteiger partial charge in [0.15, 0.2) is 0 Å². The molecule has 4 rings (SSSR count). The molecule has 2 aliphatic heterocycles. The van der Waals surface area contributed by atoms with Gasteiger partial charge in [0.1, 0.15) is 5.76 Å². The zero-order valence-electron chi connectivity index (χ0n) is 12.7. The number of rotatable bonds is 2. The van der Waals surface area contributed by atoms with Gasteiger partial charge in [-0.25, -0.2) is 0 Å². The van der Waals surface area contributed by atoms with Gasteiger partial charge in [0.2, 0.25) is 0 Å². The van der Waals surface area contributed by atoms with Crippen LogP contribution in [0.4, 0.5) is 0 Å². The number of hydrogen-bond acceptors (Lipinski definition) is 3. The Kier molecular flexibility index (Phi) is 3.26. The second kappa shape index (κ2) is 5.29. The Balaban J connectivity index is 1.55. The fourth-order valence-corrected chi connectivity index (χ4v) is 3.77. The summed E-state index contributed by atoms with van der Waals surface area (Å²) in [5.41, 5.74) is 1.70. The minimum Gasteiger partial charge on any atom is -0.464 e. The molecule has 0 bridgehead atoms. The van der Waals surface area contributed by atoms with Crippen LogP contribution in [-0.4, -0.2) is 48.4 Å². The van der Waals surface area contributed by atoms with Crippen molar-refractivity contribution in [1.29, 1.82) is 0 Å². The highest BCUT2D eigenvalue weighted by Gasteiger charge is 2.41. The molecule has 1 amide bonds. The molecular weight excluding hydrogens is 276 g/mol. The number of carbonyl (C=O) groups excluding carboxylic acids is 1. The number of benzene rings is 1. The van der Waals surface area contributed by atoms with Crippen molar-refractivity contribution in [3.8, 4) is 11.3 Å². The molecule has 2 atom stereocenters. The number of nitrogens with zero attached hydrogens (tertiary/aromatic N) is 2. The lowest BCUT2D eigenvalue weighted by molar-refractivity contribution is 0.0774. The second-order valence-corrected chi connectivity index (χ2v) is 6.36. The van der Waals surface area contributed by atoms with Crippen LogP contribution in [0.2, 0.25) is 0 Å². The maximum absolute atomic E-state index is 12.8. The van der Waals surface area contributed by atoms with Crippen LogP contribution in [0.5, 0.6) is 0 Å². The van der Waals surface area contributed by atoms with E-state index in [1.807, 2.05) is 41.3 Å². The van der Waals surface area contributed by atoms with E-state index in [-0.39, 0.29) is 5.91 Å². The summed E-state index contributed by atoms with van der Waals surface area (Å²) in [7, 11) is 2.16. The Hall–Kier alpha value is -2.07. The molecule has 3 heterocycles. The van der Waals surface area contributed by atoms with E-state index in [9.17, 15) is 4.79 Å². The third kappa shape index (κ3) is 2.24. The normalized spacial score (nSPS) is 24.7. The van der Waals surface area contributed by atoms with Crippen molar-refractivity contribution in [1.82, 2.24) is 9.80 Å². The van der Waals surface area contributed by atoms with Gasteiger partial charge in [0, 0.05) is 30.3 Å². The largest absolute Gasteiger partial charge is 0.464 e. The minimum atomic E-state index is 0.135. The highest BCUT2D eigenvalue weighted by molar-refractivity contribution is 5.95. The molecule has 0 unspecified atom stereocenters. The van der Waals surface area contributed by atoms with E-state index in [4.69, 9.17) is 4.42 Å². The van der Waals surface area contributed by atoms with Crippen molar-refractivity contribution < 1.29 is 9.21 Å². The molecule has 0 saturated carbocycles. The first-order valence-corrected chi connectivity index (χ1v) is 7.86. The molecule has 2 fully saturated rings. The van der Waals surface area contributed by atoms with Crippen LogP contribution >= 0.6 is 0 Å². The lowest BCUT2D eigenvalue weighted by Gasteiger charge is -2.21. The first-order chi connectivity index (χ1) is 10.7. The second-order valence-electron chi connectivity index (χ2n) is 6.36. The maximum Gasteiger partial charge on any atom is 0.253 e. The molecule has 4 heteroatoms. The third-order valence-electron chi connectivity index (χ3n) is 5.03. The van der Waals surface area contributed by atoms with Crippen LogP contribution < -0.4 is 0 Å². The Morgan fingerprint density at radius 2 is 2.14 bits per heavy atom. The van der Waals surface area contributed by atoms with E-state index in [0.29, 0.717) is 12.0 Å². The van der Waals surface area contributed by atoms with Gasteiger partial charge in [-0.1, -0.05) is 12.1 Å². The summed E-state index contributed by atoms with van der Waals surface area (Å²) in [4.78, 5) is 17.2. The van der Waals surface area contributed by atoms with Gasteiger partial charge in [0.05, 0.1) is 6.26 Å². The summed E-state index contributed by atoms with van der Waals surface area (Å²) in [6.07, 6.45) is 2.86. The van der Waals surface area contributed by atoms with Gasteiger partial charge in [-0.05, 0) is 50.2 Å². The van der Waals surface area contributed by atoms with Crippen LogP contribution in [0.3, 0.4) is 0 Å².